The molecule has 88 valence electrons. The number of nitrogens with zero attached hydrogens (tertiary/aromatic N) is 1. The van der Waals surface area contributed by atoms with Gasteiger partial charge >= 0.3 is 0 Å². The van der Waals surface area contributed by atoms with Crippen LogP contribution in [0, 0.1) is 0 Å². The fraction of sp³-hybridized carbons (Fsp3) is 0.267. The van der Waals surface area contributed by atoms with E-state index in [2.05, 4.69) is 4.98 Å². The van der Waals surface area contributed by atoms with E-state index < -0.39 is 5.60 Å². The molecule has 1 N–H and O–H groups in total. The molecule has 2 heteroatoms. The van der Waals surface area contributed by atoms with Gasteiger partial charge in [-0.25, -0.2) is 0 Å². The Morgan fingerprint density at radius 1 is 1.06 bits per heavy atom. The van der Waals surface area contributed by atoms with Crippen molar-refractivity contribution in [3.8, 4) is 0 Å². The van der Waals surface area contributed by atoms with Gasteiger partial charge in [0.25, 0.3) is 0 Å². The van der Waals surface area contributed by atoms with Gasteiger partial charge in [-0.2, -0.15) is 0 Å². The van der Waals surface area contributed by atoms with Gasteiger partial charge in [-0.15, -0.1) is 0 Å². The molecule has 2 rings (SSSR count). The van der Waals surface area contributed by atoms with Gasteiger partial charge in [-0.3, -0.25) is 4.98 Å². The summed E-state index contributed by atoms with van der Waals surface area (Å²) in [5, 5.41) is 10.4. The normalized spacial score (nSPS) is 14.2. The van der Waals surface area contributed by atoms with Crippen LogP contribution in [-0.2, 0) is 12.0 Å². The molecule has 1 aromatic carbocycles. The Bertz CT molecular complexity index is 451. The lowest BCUT2D eigenvalue weighted by atomic mass is 9.90. The molecule has 0 fully saturated rings. The van der Waals surface area contributed by atoms with E-state index in [0.29, 0.717) is 6.42 Å². The predicted octanol–water partition coefficient (Wildman–Crippen LogP) is 2.92. The minimum absolute atomic E-state index is 0.675. The molecule has 0 aliphatic carbocycles. The molecule has 1 aromatic heterocycles. The molecule has 2 aromatic rings. The molecule has 0 unspecified atom stereocenters. The van der Waals surface area contributed by atoms with E-state index in [0.717, 1.165) is 17.7 Å². The first kappa shape index (κ1) is 11.8. The van der Waals surface area contributed by atoms with E-state index in [9.17, 15) is 5.11 Å². The van der Waals surface area contributed by atoms with Crippen LogP contribution in [-0.4, -0.2) is 10.1 Å². The van der Waals surface area contributed by atoms with Gasteiger partial charge in [-0.1, -0.05) is 36.4 Å². The maximum Gasteiger partial charge on any atom is 0.0872 e. The standard InChI is InChI=1S/C15H17NO/c1-15(17,13-7-3-2-4-8-13)11-10-14-9-5-6-12-16-14/h2-9,12,17H,10-11H2,1H3/t15-/m1/s1. The van der Waals surface area contributed by atoms with Crippen LogP contribution in [0.2, 0.25) is 0 Å². The number of benzene rings is 1. The third-order valence-electron chi connectivity index (χ3n) is 2.99. The number of hydrogen-bond acceptors (Lipinski definition) is 2. The van der Waals surface area contributed by atoms with Crippen molar-refractivity contribution >= 4 is 0 Å². The average Bonchev–Trinajstić information content (AvgIpc) is 2.39. The van der Waals surface area contributed by atoms with Crippen LogP contribution in [0.1, 0.15) is 24.6 Å². The topological polar surface area (TPSA) is 33.1 Å². The summed E-state index contributed by atoms with van der Waals surface area (Å²) in [6.45, 7) is 1.85. The van der Waals surface area contributed by atoms with E-state index in [-0.39, 0.29) is 0 Å². The van der Waals surface area contributed by atoms with Crippen molar-refractivity contribution < 1.29 is 5.11 Å². The van der Waals surface area contributed by atoms with Crippen molar-refractivity contribution in [3.63, 3.8) is 0 Å². The minimum atomic E-state index is -0.793. The number of rotatable bonds is 4. The molecule has 0 aliphatic heterocycles. The van der Waals surface area contributed by atoms with E-state index in [1.807, 2.05) is 55.5 Å². The van der Waals surface area contributed by atoms with Crippen LogP contribution in [0.3, 0.4) is 0 Å². The molecule has 0 aliphatic rings. The maximum atomic E-state index is 10.4. The summed E-state index contributed by atoms with van der Waals surface area (Å²) < 4.78 is 0. The summed E-state index contributed by atoms with van der Waals surface area (Å²) in [6, 6.07) is 15.6. The summed E-state index contributed by atoms with van der Waals surface area (Å²) >= 11 is 0. The van der Waals surface area contributed by atoms with Gasteiger partial charge in [0.05, 0.1) is 5.60 Å². The number of hydrogen-bond donors (Lipinski definition) is 1. The van der Waals surface area contributed by atoms with Crippen molar-refractivity contribution in [2.45, 2.75) is 25.4 Å². The third kappa shape index (κ3) is 3.14. The quantitative estimate of drug-likeness (QED) is 0.871. The Hall–Kier alpha value is -1.67. The Labute approximate surface area is 102 Å². The smallest absolute Gasteiger partial charge is 0.0872 e. The van der Waals surface area contributed by atoms with Crippen LogP contribution in [0.15, 0.2) is 54.7 Å². The van der Waals surface area contributed by atoms with E-state index in [4.69, 9.17) is 0 Å². The third-order valence-corrected chi connectivity index (χ3v) is 2.99. The monoisotopic (exact) mass is 227 g/mol. The number of aliphatic hydroxyl groups is 1. The highest BCUT2D eigenvalue weighted by molar-refractivity contribution is 5.21. The molecule has 0 saturated carbocycles. The number of aryl methyl sites for hydroxylation is 1. The second kappa shape index (κ2) is 5.11. The highest BCUT2D eigenvalue weighted by atomic mass is 16.3. The molecule has 17 heavy (non-hydrogen) atoms. The molecule has 2 nitrogen and oxygen atoms in total. The predicted molar refractivity (Wildman–Crippen MR) is 68.6 cm³/mol. The van der Waals surface area contributed by atoms with Crippen molar-refractivity contribution in [2.75, 3.05) is 0 Å². The summed E-state index contributed by atoms with van der Waals surface area (Å²) in [7, 11) is 0. The SMILES string of the molecule is C[C@@](O)(CCc1ccccn1)c1ccccc1. The van der Waals surface area contributed by atoms with Gasteiger partial charge in [0.2, 0.25) is 0 Å². The fourth-order valence-electron chi connectivity index (χ4n) is 1.86. The molecule has 0 radical (unpaired) electrons. The highest BCUT2D eigenvalue weighted by Gasteiger charge is 2.22. The van der Waals surface area contributed by atoms with Gasteiger partial charge in [-0.05, 0) is 37.5 Å². The van der Waals surface area contributed by atoms with Crippen molar-refractivity contribution in [2.24, 2.45) is 0 Å². The molecule has 0 amide bonds. The molecule has 1 atom stereocenters. The molecular weight excluding hydrogens is 210 g/mol. The largest absolute Gasteiger partial charge is 0.385 e. The zero-order chi connectivity index (χ0) is 12.1. The van der Waals surface area contributed by atoms with Gasteiger partial charge in [0.15, 0.2) is 0 Å². The first-order valence-corrected chi connectivity index (χ1v) is 5.86. The van der Waals surface area contributed by atoms with E-state index >= 15 is 0 Å². The average molecular weight is 227 g/mol. The van der Waals surface area contributed by atoms with E-state index in [1.54, 1.807) is 6.20 Å². The zero-order valence-corrected chi connectivity index (χ0v) is 10.0. The Kier molecular flexibility index (Phi) is 3.55. The number of aromatic nitrogens is 1. The lowest BCUT2D eigenvalue weighted by Gasteiger charge is -2.23. The molecule has 0 saturated heterocycles. The van der Waals surface area contributed by atoms with Crippen molar-refractivity contribution in [1.82, 2.24) is 4.98 Å². The summed E-state index contributed by atoms with van der Waals surface area (Å²) in [4.78, 5) is 4.26. The lowest BCUT2D eigenvalue weighted by molar-refractivity contribution is 0.0478. The van der Waals surface area contributed by atoms with Crippen LogP contribution in [0.25, 0.3) is 0 Å². The van der Waals surface area contributed by atoms with Gasteiger partial charge in [0, 0.05) is 11.9 Å². The first-order valence-electron chi connectivity index (χ1n) is 5.86. The van der Waals surface area contributed by atoms with Gasteiger partial charge < -0.3 is 5.11 Å². The maximum absolute atomic E-state index is 10.4. The van der Waals surface area contributed by atoms with Crippen LogP contribution in [0.5, 0.6) is 0 Å². The van der Waals surface area contributed by atoms with Gasteiger partial charge in [0.1, 0.15) is 0 Å². The molecule has 1 heterocycles. The van der Waals surface area contributed by atoms with E-state index in [1.165, 1.54) is 0 Å². The van der Waals surface area contributed by atoms with Crippen LogP contribution in [0.4, 0.5) is 0 Å². The van der Waals surface area contributed by atoms with Crippen LogP contribution >= 0.6 is 0 Å². The minimum Gasteiger partial charge on any atom is -0.385 e. The van der Waals surface area contributed by atoms with Crippen LogP contribution < -0.4 is 0 Å². The molecule has 0 spiro atoms. The second-order valence-corrected chi connectivity index (χ2v) is 4.46. The Balaban J connectivity index is 2.03. The number of pyridine rings is 1. The van der Waals surface area contributed by atoms with Crippen molar-refractivity contribution in [1.29, 1.82) is 0 Å². The summed E-state index contributed by atoms with van der Waals surface area (Å²) in [6.07, 6.45) is 3.24. The molecular formula is C15H17NO. The lowest BCUT2D eigenvalue weighted by Crippen LogP contribution is -2.22. The fourth-order valence-corrected chi connectivity index (χ4v) is 1.86. The summed E-state index contributed by atoms with van der Waals surface area (Å²) in [5.74, 6) is 0. The first-order chi connectivity index (χ1) is 8.18. The highest BCUT2D eigenvalue weighted by Crippen LogP contribution is 2.25. The Morgan fingerprint density at radius 3 is 2.41 bits per heavy atom. The Morgan fingerprint density at radius 2 is 1.76 bits per heavy atom. The summed E-state index contributed by atoms with van der Waals surface area (Å²) in [5.41, 5.74) is 1.18. The zero-order valence-electron chi connectivity index (χ0n) is 10.0. The van der Waals surface area contributed by atoms with Crippen molar-refractivity contribution in [3.05, 3.63) is 66.0 Å². The molecule has 0 bridgehead atoms. The second-order valence-electron chi connectivity index (χ2n) is 4.46.